The molecule has 0 fully saturated rings. The highest BCUT2D eigenvalue weighted by Crippen LogP contribution is 2.14. The minimum Gasteiger partial charge on any atom is -0.394 e. The van der Waals surface area contributed by atoms with Gasteiger partial charge in [0.2, 0.25) is 0 Å². The van der Waals surface area contributed by atoms with E-state index < -0.39 is 0 Å². The molecular formula is C14H18N2O. The van der Waals surface area contributed by atoms with Crippen LogP contribution in [0.25, 0.3) is 10.9 Å². The Balaban J connectivity index is 2.14. The molecule has 90 valence electrons. The number of aliphatic hydroxyl groups excluding tert-OH is 1. The maximum Gasteiger partial charge on any atom is 0.0702 e. The normalized spacial score (nSPS) is 11.9. The van der Waals surface area contributed by atoms with E-state index in [2.05, 4.69) is 28.5 Å². The van der Waals surface area contributed by atoms with Crippen molar-refractivity contribution in [2.75, 3.05) is 6.61 Å². The summed E-state index contributed by atoms with van der Waals surface area (Å²) in [4.78, 5) is 4.29. The topological polar surface area (TPSA) is 45.1 Å². The van der Waals surface area contributed by atoms with Crippen LogP contribution in [-0.4, -0.2) is 22.2 Å². The fourth-order valence-electron chi connectivity index (χ4n) is 1.63. The summed E-state index contributed by atoms with van der Waals surface area (Å²) in [5, 5.41) is 13.6. The number of hydrogen-bond donors (Lipinski definition) is 2. The first-order valence-electron chi connectivity index (χ1n) is 5.80. The predicted molar refractivity (Wildman–Crippen MR) is 69.7 cm³/mol. The average Bonchev–Trinajstić information content (AvgIpc) is 2.36. The van der Waals surface area contributed by atoms with E-state index in [-0.39, 0.29) is 12.1 Å². The number of nitrogens with one attached hydrogen (secondary N) is 1. The Morgan fingerprint density at radius 2 is 2.12 bits per heavy atom. The van der Waals surface area contributed by atoms with Crippen LogP contribution in [0, 0.1) is 0 Å². The van der Waals surface area contributed by atoms with Crippen LogP contribution in [0.4, 0.5) is 0 Å². The van der Waals surface area contributed by atoms with Crippen LogP contribution in [0.3, 0.4) is 0 Å². The van der Waals surface area contributed by atoms with Crippen molar-refractivity contribution in [3.63, 3.8) is 0 Å². The lowest BCUT2D eigenvalue weighted by Crippen LogP contribution is -2.42. The van der Waals surface area contributed by atoms with Gasteiger partial charge in [-0.2, -0.15) is 0 Å². The number of pyridine rings is 1. The van der Waals surface area contributed by atoms with Gasteiger partial charge in [0.05, 0.1) is 12.1 Å². The summed E-state index contributed by atoms with van der Waals surface area (Å²) < 4.78 is 0. The van der Waals surface area contributed by atoms with Crippen molar-refractivity contribution >= 4 is 10.9 Å². The summed E-state index contributed by atoms with van der Waals surface area (Å²) in [6, 6.07) is 10.2. The lowest BCUT2D eigenvalue weighted by molar-refractivity contribution is 0.187. The summed E-state index contributed by atoms with van der Waals surface area (Å²) in [6.45, 7) is 4.84. The monoisotopic (exact) mass is 230 g/mol. The maximum atomic E-state index is 9.17. The SMILES string of the molecule is CC(C)(CO)NCc1ccc2ncccc2c1. The molecule has 0 spiro atoms. The molecule has 0 amide bonds. The third-order valence-corrected chi connectivity index (χ3v) is 2.83. The van der Waals surface area contributed by atoms with Crippen LogP contribution >= 0.6 is 0 Å². The van der Waals surface area contributed by atoms with Crippen LogP contribution < -0.4 is 5.32 Å². The zero-order valence-electron chi connectivity index (χ0n) is 10.3. The smallest absolute Gasteiger partial charge is 0.0702 e. The Labute approximate surface area is 102 Å². The van der Waals surface area contributed by atoms with Crippen LogP contribution in [0.1, 0.15) is 19.4 Å². The van der Waals surface area contributed by atoms with Crippen LogP contribution in [0.2, 0.25) is 0 Å². The summed E-state index contributed by atoms with van der Waals surface area (Å²) in [5.41, 5.74) is 1.97. The number of hydrogen-bond acceptors (Lipinski definition) is 3. The van der Waals surface area contributed by atoms with Gasteiger partial charge in [-0.05, 0) is 37.6 Å². The molecule has 0 aliphatic rings. The standard InChI is InChI=1S/C14H18N2O/c1-14(2,10-17)16-9-11-5-6-13-12(8-11)4-3-7-15-13/h3-8,16-17H,9-10H2,1-2H3. The molecule has 0 unspecified atom stereocenters. The van der Waals surface area contributed by atoms with E-state index in [0.717, 1.165) is 17.4 Å². The minimum absolute atomic E-state index is 0.127. The quantitative estimate of drug-likeness (QED) is 0.845. The van der Waals surface area contributed by atoms with Crippen molar-refractivity contribution in [3.05, 3.63) is 42.1 Å². The number of rotatable bonds is 4. The zero-order chi connectivity index (χ0) is 12.3. The van der Waals surface area contributed by atoms with Crippen LogP contribution in [0.15, 0.2) is 36.5 Å². The Morgan fingerprint density at radius 1 is 1.29 bits per heavy atom. The fourth-order valence-corrected chi connectivity index (χ4v) is 1.63. The van der Waals surface area contributed by atoms with Gasteiger partial charge in [-0.25, -0.2) is 0 Å². The highest BCUT2D eigenvalue weighted by Gasteiger charge is 2.14. The summed E-state index contributed by atoms with van der Waals surface area (Å²) in [7, 11) is 0. The van der Waals surface area contributed by atoms with Crippen molar-refractivity contribution in [1.29, 1.82) is 0 Å². The molecule has 3 nitrogen and oxygen atoms in total. The van der Waals surface area contributed by atoms with Crippen molar-refractivity contribution in [2.24, 2.45) is 0 Å². The van der Waals surface area contributed by atoms with Gasteiger partial charge < -0.3 is 10.4 Å². The average molecular weight is 230 g/mol. The van der Waals surface area contributed by atoms with Gasteiger partial charge in [0.1, 0.15) is 0 Å². The minimum atomic E-state index is -0.246. The lowest BCUT2D eigenvalue weighted by Gasteiger charge is -2.23. The van der Waals surface area contributed by atoms with E-state index in [0.29, 0.717) is 0 Å². The molecule has 0 atom stereocenters. The molecule has 2 N–H and O–H groups in total. The first kappa shape index (κ1) is 12.0. The second-order valence-electron chi connectivity index (χ2n) is 4.93. The Kier molecular flexibility index (Phi) is 3.41. The molecule has 2 aromatic rings. The van der Waals surface area contributed by atoms with Crippen molar-refractivity contribution in [1.82, 2.24) is 10.3 Å². The Bertz CT molecular complexity index is 508. The highest BCUT2D eigenvalue weighted by molar-refractivity contribution is 5.78. The molecule has 0 aliphatic heterocycles. The van der Waals surface area contributed by atoms with Crippen molar-refractivity contribution in [3.8, 4) is 0 Å². The van der Waals surface area contributed by atoms with Gasteiger partial charge in [-0.1, -0.05) is 12.1 Å². The van der Waals surface area contributed by atoms with Crippen LogP contribution in [-0.2, 0) is 6.54 Å². The molecule has 0 saturated carbocycles. The van der Waals surface area contributed by atoms with E-state index in [1.54, 1.807) is 6.20 Å². The molecule has 1 aromatic heterocycles. The third kappa shape index (κ3) is 3.02. The van der Waals surface area contributed by atoms with Gasteiger partial charge in [0.25, 0.3) is 0 Å². The van der Waals surface area contributed by atoms with Gasteiger partial charge in [0, 0.05) is 23.7 Å². The van der Waals surface area contributed by atoms with Crippen LogP contribution in [0.5, 0.6) is 0 Å². The van der Waals surface area contributed by atoms with E-state index in [9.17, 15) is 5.11 Å². The van der Waals surface area contributed by atoms with Gasteiger partial charge in [-0.15, -0.1) is 0 Å². The second-order valence-corrected chi connectivity index (χ2v) is 4.93. The fraction of sp³-hybridized carbons (Fsp3) is 0.357. The lowest BCUT2D eigenvalue weighted by atomic mass is 10.1. The second kappa shape index (κ2) is 4.82. The molecule has 3 heteroatoms. The molecule has 2 rings (SSSR count). The molecule has 0 bridgehead atoms. The highest BCUT2D eigenvalue weighted by atomic mass is 16.3. The van der Waals surface area contributed by atoms with Gasteiger partial charge in [0.15, 0.2) is 0 Å². The van der Waals surface area contributed by atoms with E-state index in [1.807, 2.05) is 26.0 Å². The predicted octanol–water partition coefficient (Wildman–Crippen LogP) is 2.10. The number of aliphatic hydroxyl groups is 1. The molecule has 1 aromatic carbocycles. The number of aromatic nitrogens is 1. The van der Waals surface area contributed by atoms with Gasteiger partial charge >= 0.3 is 0 Å². The molecule has 0 saturated heterocycles. The first-order chi connectivity index (χ1) is 8.11. The molecule has 0 radical (unpaired) electrons. The maximum absolute atomic E-state index is 9.17. The van der Waals surface area contributed by atoms with E-state index >= 15 is 0 Å². The summed E-state index contributed by atoms with van der Waals surface area (Å²) >= 11 is 0. The molecular weight excluding hydrogens is 212 g/mol. The summed E-state index contributed by atoms with van der Waals surface area (Å²) in [5.74, 6) is 0. The number of fused-ring (bicyclic) bond motifs is 1. The molecule has 1 heterocycles. The molecule has 17 heavy (non-hydrogen) atoms. The largest absolute Gasteiger partial charge is 0.394 e. The van der Waals surface area contributed by atoms with Crippen molar-refractivity contribution in [2.45, 2.75) is 25.9 Å². The number of benzene rings is 1. The van der Waals surface area contributed by atoms with E-state index in [4.69, 9.17) is 0 Å². The zero-order valence-corrected chi connectivity index (χ0v) is 10.3. The van der Waals surface area contributed by atoms with Gasteiger partial charge in [-0.3, -0.25) is 4.98 Å². The van der Waals surface area contributed by atoms with Crippen molar-refractivity contribution < 1.29 is 5.11 Å². The number of nitrogens with zero attached hydrogens (tertiary/aromatic N) is 1. The Morgan fingerprint density at radius 3 is 2.88 bits per heavy atom. The molecule has 0 aliphatic carbocycles. The summed E-state index contributed by atoms with van der Waals surface area (Å²) in [6.07, 6.45) is 1.80. The Hall–Kier alpha value is -1.45. The first-order valence-corrected chi connectivity index (χ1v) is 5.80. The third-order valence-electron chi connectivity index (χ3n) is 2.83. The van der Waals surface area contributed by atoms with E-state index in [1.165, 1.54) is 5.56 Å².